The Kier molecular flexibility index (Phi) is 4.21. The van der Waals surface area contributed by atoms with E-state index in [1.165, 1.54) is 7.11 Å². The fraction of sp³-hybridized carbons (Fsp3) is 0.833. The van der Waals surface area contributed by atoms with Crippen molar-refractivity contribution in [2.75, 3.05) is 13.7 Å². The van der Waals surface area contributed by atoms with E-state index in [0.29, 0.717) is 12.8 Å². The smallest absolute Gasteiger partial charge is 0.407 e. The molecule has 2 N–H and O–H groups in total. The van der Waals surface area contributed by atoms with Gasteiger partial charge in [0.05, 0.1) is 11.5 Å². The molecule has 0 aromatic carbocycles. The Hall–Kier alpha value is -1.30. The van der Waals surface area contributed by atoms with E-state index >= 15 is 0 Å². The van der Waals surface area contributed by atoms with Crippen molar-refractivity contribution < 1.29 is 24.2 Å². The standard InChI is InChI=1S/C12H21NO5/c1-11(2,3)18-10(16)13-7-12(17-4)5-8(6-12)9(14)15/h8H,5-7H2,1-4H3,(H,13,16)(H,14,15). The first-order chi connectivity index (χ1) is 8.17. The van der Waals surface area contributed by atoms with Gasteiger partial charge in [-0.3, -0.25) is 4.79 Å². The summed E-state index contributed by atoms with van der Waals surface area (Å²) in [6, 6.07) is 0. The SMILES string of the molecule is COC1(CNC(=O)OC(C)(C)C)CC(C(=O)O)C1. The van der Waals surface area contributed by atoms with Crippen LogP contribution in [0, 0.1) is 5.92 Å². The zero-order valence-electron chi connectivity index (χ0n) is 11.3. The van der Waals surface area contributed by atoms with Gasteiger partial charge < -0.3 is 19.9 Å². The molecule has 104 valence electrons. The molecule has 1 aliphatic rings. The molecule has 1 rings (SSSR count). The Balaban J connectivity index is 2.38. The molecule has 0 radical (unpaired) electrons. The molecular formula is C12H21NO5. The van der Waals surface area contributed by atoms with Crippen LogP contribution in [0.5, 0.6) is 0 Å². The number of nitrogens with one attached hydrogen (secondary N) is 1. The van der Waals surface area contributed by atoms with Gasteiger partial charge in [0, 0.05) is 13.7 Å². The maximum atomic E-state index is 11.5. The zero-order chi connectivity index (χ0) is 14.0. The number of carboxylic acids is 1. The summed E-state index contributed by atoms with van der Waals surface area (Å²) in [5.41, 5.74) is -1.12. The van der Waals surface area contributed by atoms with Crippen LogP contribution in [0.25, 0.3) is 0 Å². The van der Waals surface area contributed by atoms with Crippen LogP contribution in [0.4, 0.5) is 4.79 Å². The van der Waals surface area contributed by atoms with E-state index in [-0.39, 0.29) is 12.5 Å². The number of alkyl carbamates (subject to hydrolysis) is 1. The molecule has 0 aromatic heterocycles. The quantitative estimate of drug-likeness (QED) is 0.797. The zero-order valence-corrected chi connectivity index (χ0v) is 11.3. The number of ether oxygens (including phenoxy) is 2. The van der Waals surface area contributed by atoms with Crippen molar-refractivity contribution in [3.8, 4) is 0 Å². The van der Waals surface area contributed by atoms with Gasteiger partial charge >= 0.3 is 12.1 Å². The lowest BCUT2D eigenvalue weighted by Gasteiger charge is -2.44. The molecule has 1 fully saturated rings. The fourth-order valence-corrected chi connectivity index (χ4v) is 1.94. The second-order valence-electron chi connectivity index (χ2n) is 5.69. The molecule has 0 saturated heterocycles. The number of carbonyl (C=O) groups is 2. The number of aliphatic carboxylic acids is 1. The summed E-state index contributed by atoms with van der Waals surface area (Å²) >= 11 is 0. The molecule has 1 saturated carbocycles. The van der Waals surface area contributed by atoms with Crippen molar-refractivity contribution in [3.63, 3.8) is 0 Å². The molecule has 0 spiro atoms. The second kappa shape index (κ2) is 5.14. The predicted molar refractivity (Wildman–Crippen MR) is 64.3 cm³/mol. The van der Waals surface area contributed by atoms with E-state index in [1.54, 1.807) is 20.8 Å². The normalized spacial score (nSPS) is 27.2. The van der Waals surface area contributed by atoms with Crippen LogP contribution < -0.4 is 5.32 Å². The molecule has 0 aliphatic heterocycles. The van der Waals surface area contributed by atoms with Gasteiger partial charge in [-0.2, -0.15) is 0 Å². The Labute approximate surface area is 107 Å². The molecule has 0 bridgehead atoms. The molecule has 0 heterocycles. The number of rotatable bonds is 4. The van der Waals surface area contributed by atoms with Crippen molar-refractivity contribution in [1.29, 1.82) is 0 Å². The lowest BCUT2D eigenvalue weighted by atomic mass is 9.70. The van der Waals surface area contributed by atoms with Gasteiger partial charge in [0.1, 0.15) is 5.60 Å². The van der Waals surface area contributed by atoms with E-state index < -0.39 is 23.3 Å². The topological polar surface area (TPSA) is 84.9 Å². The third-order valence-corrected chi connectivity index (χ3v) is 2.97. The summed E-state index contributed by atoms with van der Waals surface area (Å²) in [5, 5.41) is 11.4. The van der Waals surface area contributed by atoms with Crippen molar-refractivity contribution >= 4 is 12.1 Å². The number of carbonyl (C=O) groups excluding carboxylic acids is 1. The minimum Gasteiger partial charge on any atom is -0.481 e. The first-order valence-corrected chi connectivity index (χ1v) is 5.92. The van der Waals surface area contributed by atoms with E-state index in [2.05, 4.69) is 5.32 Å². The van der Waals surface area contributed by atoms with Gasteiger partial charge in [-0.15, -0.1) is 0 Å². The van der Waals surface area contributed by atoms with Gasteiger partial charge in [0.2, 0.25) is 0 Å². The Morgan fingerprint density at radius 1 is 1.39 bits per heavy atom. The molecule has 0 atom stereocenters. The highest BCUT2D eigenvalue weighted by atomic mass is 16.6. The Morgan fingerprint density at radius 3 is 2.33 bits per heavy atom. The summed E-state index contributed by atoms with van der Waals surface area (Å²) in [7, 11) is 1.52. The van der Waals surface area contributed by atoms with Gasteiger partial charge in [-0.1, -0.05) is 0 Å². The number of hydrogen-bond acceptors (Lipinski definition) is 4. The summed E-state index contributed by atoms with van der Waals surface area (Å²) in [5.74, 6) is -1.20. The predicted octanol–water partition coefficient (Wildman–Crippen LogP) is 1.39. The van der Waals surface area contributed by atoms with Crippen LogP contribution in [0.3, 0.4) is 0 Å². The minimum atomic E-state index is -0.819. The average Bonchev–Trinajstić information content (AvgIpc) is 2.13. The van der Waals surface area contributed by atoms with Crippen LogP contribution in [-0.2, 0) is 14.3 Å². The summed E-state index contributed by atoms with van der Waals surface area (Å²) in [4.78, 5) is 22.2. The third kappa shape index (κ3) is 3.87. The van der Waals surface area contributed by atoms with Gasteiger partial charge in [-0.05, 0) is 33.6 Å². The van der Waals surface area contributed by atoms with E-state index in [1.807, 2.05) is 0 Å². The maximum absolute atomic E-state index is 11.5. The highest BCUT2D eigenvalue weighted by Gasteiger charge is 2.48. The molecule has 0 aromatic rings. The molecule has 1 amide bonds. The Bertz CT molecular complexity index is 328. The van der Waals surface area contributed by atoms with Crippen LogP contribution in [0.15, 0.2) is 0 Å². The number of carboxylic acid groups (broad SMARTS) is 1. The molecule has 0 unspecified atom stereocenters. The van der Waals surface area contributed by atoms with E-state index in [9.17, 15) is 9.59 Å². The van der Waals surface area contributed by atoms with Gasteiger partial charge in [-0.25, -0.2) is 4.79 Å². The monoisotopic (exact) mass is 259 g/mol. The van der Waals surface area contributed by atoms with Crippen molar-refractivity contribution in [2.24, 2.45) is 5.92 Å². The van der Waals surface area contributed by atoms with E-state index in [0.717, 1.165) is 0 Å². The van der Waals surface area contributed by atoms with Gasteiger partial charge in [0.15, 0.2) is 0 Å². The van der Waals surface area contributed by atoms with Crippen LogP contribution in [0.1, 0.15) is 33.6 Å². The molecule has 6 nitrogen and oxygen atoms in total. The highest BCUT2D eigenvalue weighted by Crippen LogP contribution is 2.40. The summed E-state index contributed by atoms with van der Waals surface area (Å²) < 4.78 is 10.4. The van der Waals surface area contributed by atoms with Gasteiger partial charge in [0.25, 0.3) is 0 Å². The summed E-state index contributed by atoms with van der Waals surface area (Å²) in [6.07, 6.45) is 0.307. The van der Waals surface area contributed by atoms with Crippen molar-refractivity contribution in [1.82, 2.24) is 5.32 Å². The van der Waals surface area contributed by atoms with Crippen LogP contribution in [-0.4, -0.2) is 42.0 Å². The Morgan fingerprint density at radius 2 is 1.94 bits per heavy atom. The number of methoxy groups -OCH3 is 1. The highest BCUT2D eigenvalue weighted by molar-refractivity contribution is 5.72. The number of amides is 1. The molecule has 6 heteroatoms. The third-order valence-electron chi connectivity index (χ3n) is 2.97. The van der Waals surface area contributed by atoms with Crippen LogP contribution >= 0.6 is 0 Å². The van der Waals surface area contributed by atoms with Crippen LogP contribution in [0.2, 0.25) is 0 Å². The maximum Gasteiger partial charge on any atom is 0.407 e. The first kappa shape index (κ1) is 14.8. The van der Waals surface area contributed by atoms with E-state index in [4.69, 9.17) is 14.6 Å². The lowest BCUT2D eigenvalue weighted by molar-refractivity contribution is -0.161. The fourth-order valence-electron chi connectivity index (χ4n) is 1.94. The molecular weight excluding hydrogens is 238 g/mol. The average molecular weight is 259 g/mol. The molecule has 18 heavy (non-hydrogen) atoms. The number of hydrogen-bond donors (Lipinski definition) is 2. The lowest BCUT2D eigenvalue weighted by Crippen LogP contribution is -2.55. The van der Waals surface area contributed by atoms with Crippen molar-refractivity contribution in [2.45, 2.75) is 44.8 Å². The molecule has 1 aliphatic carbocycles. The largest absolute Gasteiger partial charge is 0.481 e. The second-order valence-corrected chi connectivity index (χ2v) is 5.69. The first-order valence-electron chi connectivity index (χ1n) is 5.92. The minimum absolute atomic E-state index is 0.266. The van der Waals surface area contributed by atoms with Crippen molar-refractivity contribution in [3.05, 3.63) is 0 Å². The summed E-state index contributed by atoms with van der Waals surface area (Å²) in [6.45, 7) is 5.61.